The van der Waals surface area contributed by atoms with Gasteiger partial charge >= 0.3 is 5.97 Å². The number of carboxylic acids is 1. The van der Waals surface area contributed by atoms with E-state index in [-0.39, 0.29) is 17.9 Å². The van der Waals surface area contributed by atoms with Gasteiger partial charge in [-0.3, -0.25) is 4.79 Å². The lowest BCUT2D eigenvalue weighted by Gasteiger charge is -2.02. The number of aryl methyl sites for hydroxylation is 1. The Morgan fingerprint density at radius 1 is 1.60 bits per heavy atom. The third-order valence-corrected chi connectivity index (χ3v) is 3.19. The van der Waals surface area contributed by atoms with Gasteiger partial charge in [0.05, 0.1) is 11.3 Å². The summed E-state index contributed by atoms with van der Waals surface area (Å²) < 4.78 is 26.8. The second kappa shape index (κ2) is 4.45. The Morgan fingerprint density at radius 2 is 2.27 bits per heavy atom. The molecule has 0 aliphatic heterocycles. The number of nitrogens with one attached hydrogen (secondary N) is 1. The number of sulfonamides is 1. The summed E-state index contributed by atoms with van der Waals surface area (Å²) >= 11 is 0. The van der Waals surface area contributed by atoms with Gasteiger partial charge in [-0.1, -0.05) is 0 Å². The Morgan fingerprint density at radius 3 is 2.73 bits per heavy atom. The number of carbonyl (C=O) groups is 1. The summed E-state index contributed by atoms with van der Waals surface area (Å²) in [6, 6.07) is 1.45. The second-order valence-electron chi connectivity index (χ2n) is 3.05. The van der Waals surface area contributed by atoms with Crippen molar-refractivity contribution in [2.24, 2.45) is 7.05 Å². The first-order chi connectivity index (χ1) is 6.92. The van der Waals surface area contributed by atoms with Crippen LogP contribution < -0.4 is 4.72 Å². The minimum absolute atomic E-state index is 0.105. The van der Waals surface area contributed by atoms with Gasteiger partial charge in [0, 0.05) is 26.0 Å². The lowest BCUT2D eigenvalue weighted by Crippen LogP contribution is -2.25. The summed E-state index contributed by atoms with van der Waals surface area (Å²) in [7, 11) is -1.86. The van der Waals surface area contributed by atoms with E-state index < -0.39 is 16.0 Å². The molecule has 7 heteroatoms. The quantitative estimate of drug-likeness (QED) is 0.734. The highest BCUT2D eigenvalue weighted by atomic mass is 32.2. The molecule has 0 amide bonds. The van der Waals surface area contributed by atoms with Crippen LogP contribution in [0.1, 0.15) is 6.42 Å². The summed E-state index contributed by atoms with van der Waals surface area (Å²) in [6.07, 6.45) is 2.82. The first-order valence-electron chi connectivity index (χ1n) is 4.25. The standard InChI is InChI=1S/C8H12N2O4S/c1-10-5-3-7(6-10)15(13,14)9-4-2-8(11)12/h3,5-6,9H,2,4H2,1H3,(H,11,12). The van der Waals surface area contributed by atoms with Crippen molar-refractivity contribution in [3.8, 4) is 0 Å². The fourth-order valence-electron chi connectivity index (χ4n) is 1.01. The van der Waals surface area contributed by atoms with E-state index in [1.165, 1.54) is 12.3 Å². The maximum Gasteiger partial charge on any atom is 0.304 e. The molecule has 84 valence electrons. The number of rotatable bonds is 5. The molecule has 0 aromatic carbocycles. The summed E-state index contributed by atoms with van der Waals surface area (Å²) in [4.78, 5) is 10.3. The molecule has 0 fully saturated rings. The Balaban J connectivity index is 2.64. The SMILES string of the molecule is Cn1ccc(S(=O)(=O)NCCC(=O)O)c1. The molecule has 0 aliphatic carbocycles. The van der Waals surface area contributed by atoms with Crippen LogP contribution in [-0.2, 0) is 21.9 Å². The molecule has 1 aromatic rings. The van der Waals surface area contributed by atoms with Gasteiger partial charge in [0.25, 0.3) is 0 Å². The number of aromatic nitrogens is 1. The van der Waals surface area contributed by atoms with Crippen LogP contribution in [0.3, 0.4) is 0 Å². The van der Waals surface area contributed by atoms with E-state index in [1.807, 2.05) is 0 Å². The molecule has 0 saturated carbocycles. The molecular weight excluding hydrogens is 220 g/mol. The van der Waals surface area contributed by atoms with Gasteiger partial charge in [-0.25, -0.2) is 13.1 Å². The highest BCUT2D eigenvalue weighted by molar-refractivity contribution is 7.89. The van der Waals surface area contributed by atoms with Crippen LogP contribution in [0.5, 0.6) is 0 Å². The Hall–Kier alpha value is -1.34. The molecule has 0 saturated heterocycles. The van der Waals surface area contributed by atoms with Crippen molar-refractivity contribution in [1.82, 2.24) is 9.29 Å². The normalized spacial score (nSPS) is 11.5. The minimum atomic E-state index is -3.57. The maximum absolute atomic E-state index is 11.5. The summed E-state index contributed by atoms with van der Waals surface area (Å²) in [5.41, 5.74) is 0. The zero-order valence-corrected chi connectivity index (χ0v) is 8.99. The molecular formula is C8H12N2O4S. The molecule has 0 aliphatic rings. The van der Waals surface area contributed by atoms with E-state index >= 15 is 0 Å². The third-order valence-electron chi connectivity index (χ3n) is 1.75. The molecule has 15 heavy (non-hydrogen) atoms. The van der Waals surface area contributed by atoms with Crippen LogP contribution in [0.25, 0.3) is 0 Å². The maximum atomic E-state index is 11.5. The Kier molecular flexibility index (Phi) is 3.48. The van der Waals surface area contributed by atoms with Crippen molar-refractivity contribution in [2.75, 3.05) is 6.54 Å². The number of aliphatic carboxylic acids is 1. The van der Waals surface area contributed by atoms with Gasteiger partial charge in [-0.2, -0.15) is 0 Å². The highest BCUT2D eigenvalue weighted by Gasteiger charge is 2.14. The smallest absolute Gasteiger partial charge is 0.304 e. The monoisotopic (exact) mass is 232 g/mol. The van der Waals surface area contributed by atoms with Crippen molar-refractivity contribution >= 4 is 16.0 Å². The average Bonchev–Trinajstić information content (AvgIpc) is 2.51. The fourth-order valence-corrected chi connectivity index (χ4v) is 2.09. The second-order valence-corrected chi connectivity index (χ2v) is 4.82. The van der Waals surface area contributed by atoms with Gasteiger partial charge in [0.1, 0.15) is 0 Å². The van der Waals surface area contributed by atoms with Crippen molar-refractivity contribution in [1.29, 1.82) is 0 Å². The highest BCUT2D eigenvalue weighted by Crippen LogP contribution is 2.07. The molecule has 1 heterocycles. The first kappa shape index (κ1) is 11.7. The van der Waals surface area contributed by atoms with E-state index in [2.05, 4.69) is 4.72 Å². The van der Waals surface area contributed by atoms with Crippen LogP contribution in [-0.4, -0.2) is 30.6 Å². The number of hydrogen-bond acceptors (Lipinski definition) is 3. The molecule has 0 spiro atoms. The van der Waals surface area contributed by atoms with Gasteiger partial charge < -0.3 is 9.67 Å². The summed E-state index contributed by atoms with van der Waals surface area (Å²) in [5.74, 6) is -1.04. The van der Waals surface area contributed by atoms with Crippen LogP contribution in [0, 0.1) is 0 Å². The van der Waals surface area contributed by atoms with Crippen molar-refractivity contribution in [2.45, 2.75) is 11.3 Å². The van der Waals surface area contributed by atoms with Crippen LogP contribution in [0.4, 0.5) is 0 Å². The molecule has 0 unspecified atom stereocenters. The Bertz CT molecular complexity index is 449. The zero-order chi connectivity index (χ0) is 11.5. The van der Waals surface area contributed by atoms with Crippen molar-refractivity contribution in [3.05, 3.63) is 18.5 Å². The van der Waals surface area contributed by atoms with E-state index in [9.17, 15) is 13.2 Å². The summed E-state index contributed by atoms with van der Waals surface area (Å²) in [6.45, 7) is -0.105. The molecule has 0 radical (unpaired) electrons. The number of nitrogens with zero attached hydrogens (tertiary/aromatic N) is 1. The van der Waals surface area contributed by atoms with E-state index in [1.54, 1.807) is 17.8 Å². The number of carboxylic acid groups (broad SMARTS) is 1. The molecule has 0 bridgehead atoms. The van der Waals surface area contributed by atoms with E-state index in [0.29, 0.717) is 0 Å². The lowest BCUT2D eigenvalue weighted by atomic mass is 10.5. The lowest BCUT2D eigenvalue weighted by molar-refractivity contribution is -0.136. The predicted octanol–water partition coefficient (Wildman–Crippen LogP) is -0.222. The number of hydrogen-bond donors (Lipinski definition) is 2. The molecule has 1 aromatic heterocycles. The van der Waals surface area contributed by atoms with Crippen LogP contribution in [0.15, 0.2) is 23.4 Å². The molecule has 1 rings (SSSR count). The summed E-state index contributed by atoms with van der Waals surface area (Å²) in [5, 5.41) is 8.35. The van der Waals surface area contributed by atoms with E-state index in [4.69, 9.17) is 5.11 Å². The van der Waals surface area contributed by atoms with Gasteiger partial charge in [-0.15, -0.1) is 0 Å². The molecule has 2 N–H and O–H groups in total. The Labute approximate surface area is 87.6 Å². The first-order valence-corrected chi connectivity index (χ1v) is 5.73. The van der Waals surface area contributed by atoms with Gasteiger partial charge in [0.15, 0.2) is 0 Å². The third kappa shape index (κ3) is 3.37. The van der Waals surface area contributed by atoms with E-state index in [0.717, 1.165) is 0 Å². The van der Waals surface area contributed by atoms with Crippen molar-refractivity contribution < 1.29 is 18.3 Å². The minimum Gasteiger partial charge on any atom is -0.481 e. The largest absolute Gasteiger partial charge is 0.481 e. The van der Waals surface area contributed by atoms with Crippen LogP contribution >= 0.6 is 0 Å². The predicted molar refractivity (Wildman–Crippen MR) is 52.9 cm³/mol. The van der Waals surface area contributed by atoms with Crippen molar-refractivity contribution in [3.63, 3.8) is 0 Å². The van der Waals surface area contributed by atoms with Crippen LogP contribution in [0.2, 0.25) is 0 Å². The topological polar surface area (TPSA) is 88.4 Å². The average molecular weight is 232 g/mol. The fraction of sp³-hybridized carbons (Fsp3) is 0.375. The molecule has 0 atom stereocenters. The van der Waals surface area contributed by atoms with Gasteiger partial charge in [-0.05, 0) is 6.07 Å². The van der Waals surface area contributed by atoms with Gasteiger partial charge in [0.2, 0.25) is 10.0 Å². The molecule has 6 nitrogen and oxygen atoms in total. The zero-order valence-electron chi connectivity index (χ0n) is 8.17.